The van der Waals surface area contributed by atoms with E-state index >= 15 is 0 Å². The van der Waals surface area contributed by atoms with Gasteiger partial charge in [-0.3, -0.25) is 9.88 Å². The molecule has 196 valence electrons. The molecule has 0 unspecified atom stereocenters. The molecule has 0 amide bonds. The van der Waals surface area contributed by atoms with Crippen molar-refractivity contribution in [3.05, 3.63) is 54.2 Å². The summed E-state index contributed by atoms with van der Waals surface area (Å²) >= 11 is 0. The third-order valence-electron chi connectivity index (χ3n) is 6.38. The molecule has 4 rings (SSSR count). The smallest absolute Gasteiger partial charge is 0.261 e. The van der Waals surface area contributed by atoms with Crippen LogP contribution in [0, 0.1) is 6.92 Å². The molecule has 1 aromatic carbocycles. The minimum absolute atomic E-state index is 0. The minimum atomic E-state index is -3.60. The summed E-state index contributed by atoms with van der Waals surface area (Å²) in [6.45, 7) is 6.66. The zero-order chi connectivity index (χ0) is 25.0. The molecular weight excluding hydrogens is 502 g/mol. The van der Waals surface area contributed by atoms with Crippen molar-refractivity contribution in [2.24, 2.45) is 7.05 Å². The number of aryl methyl sites for hydroxylation is 2. The third kappa shape index (κ3) is 6.22. The van der Waals surface area contributed by atoms with Gasteiger partial charge in [0.25, 0.3) is 10.0 Å². The zero-order valence-corrected chi connectivity index (χ0v) is 22.8. The molecule has 0 radical (unpaired) electrons. The Hall–Kier alpha value is -2.57. The van der Waals surface area contributed by atoms with E-state index in [-0.39, 0.29) is 17.4 Å². The largest absolute Gasteiger partial charge is 0.380 e. The molecule has 2 aromatic heterocycles. The lowest BCUT2D eigenvalue weighted by Gasteiger charge is -2.36. The molecule has 1 fully saturated rings. The van der Waals surface area contributed by atoms with Crippen LogP contribution >= 0.6 is 12.4 Å². The van der Waals surface area contributed by atoms with E-state index in [1.165, 1.54) is 4.31 Å². The lowest BCUT2D eigenvalue weighted by Crippen LogP contribution is -2.49. The molecule has 36 heavy (non-hydrogen) atoms. The number of piperazine rings is 1. The number of ether oxygens (including phenoxy) is 1. The lowest BCUT2D eigenvalue weighted by atomic mass is 10.1. The first-order chi connectivity index (χ1) is 16.8. The predicted molar refractivity (Wildman–Crippen MR) is 142 cm³/mol. The van der Waals surface area contributed by atoms with E-state index in [0.29, 0.717) is 25.5 Å². The van der Waals surface area contributed by atoms with Crippen LogP contribution in [0.1, 0.15) is 11.4 Å². The van der Waals surface area contributed by atoms with Crippen molar-refractivity contribution in [1.82, 2.24) is 28.7 Å². The number of hydrogen-bond acceptors (Lipinski definition) is 8. The van der Waals surface area contributed by atoms with Crippen molar-refractivity contribution in [3.8, 4) is 11.3 Å². The quantitative estimate of drug-likeness (QED) is 0.411. The van der Waals surface area contributed by atoms with Crippen molar-refractivity contribution < 1.29 is 13.2 Å². The van der Waals surface area contributed by atoms with E-state index in [1.807, 2.05) is 12.1 Å². The Labute approximate surface area is 219 Å². The first kappa shape index (κ1) is 28.0. The van der Waals surface area contributed by atoms with Crippen LogP contribution in [0.25, 0.3) is 11.3 Å². The molecule has 12 heteroatoms. The molecule has 1 saturated heterocycles. The highest BCUT2D eigenvalue weighted by Gasteiger charge is 2.26. The first-order valence-corrected chi connectivity index (χ1v) is 13.1. The number of hydrogen-bond donors (Lipinski definition) is 0. The summed E-state index contributed by atoms with van der Waals surface area (Å²) in [7, 11) is 1.49. The van der Waals surface area contributed by atoms with Crippen LogP contribution in [0.3, 0.4) is 0 Å². The maximum atomic E-state index is 12.8. The molecule has 0 aliphatic carbocycles. The van der Waals surface area contributed by atoms with Crippen LogP contribution in [0.5, 0.6) is 0 Å². The SMILES string of the molecule is COCc1ccc(-c2nccnc2N2CCN(CCN(C)S(=O)(=O)c3cn(C)c(C)n3)CC2)cc1.Cl. The van der Waals surface area contributed by atoms with Crippen molar-refractivity contribution in [2.45, 2.75) is 18.6 Å². The number of benzene rings is 1. The maximum Gasteiger partial charge on any atom is 0.261 e. The Bertz CT molecular complexity index is 1220. The fraction of sp³-hybridized carbons (Fsp3) is 0.458. The minimum Gasteiger partial charge on any atom is -0.380 e. The van der Waals surface area contributed by atoms with Crippen LogP contribution in [0.4, 0.5) is 5.82 Å². The molecule has 10 nitrogen and oxygen atoms in total. The number of sulfonamides is 1. The van der Waals surface area contributed by atoms with Gasteiger partial charge in [0.2, 0.25) is 0 Å². The number of anilines is 1. The monoisotopic (exact) mass is 535 g/mol. The van der Waals surface area contributed by atoms with Crippen LogP contribution in [-0.4, -0.2) is 90.6 Å². The summed E-state index contributed by atoms with van der Waals surface area (Å²) in [6, 6.07) is 8.20. The molecule has 0 saturated carbocycles. The second-order valence-corrected chi connectivity index (χ2v) is 10.7. The highest BCUT2D eigenvalue weighted by atomic mass is 35.5. The molecule has 3 heterocycles. The van der Waals surface area contributed by atoms with Crippen molar-refractivity contribution >= 4 is 28.2 Å². The summed E-state index contributed by atoms with van der Waals surface area (Å²) < 4.78 is 34.0. The average molecular weight is 536 g/mol. The average Bonchev–Trinajstić information content (AvgIpc) is 3.22. The predicted octanol–water partition coefficient (Wildman–Crippen LogP) is 2.20. The number of aromatic nitrogens is 4. The summed E-state index contributed by atoms with van der Waals surface area (Å²) in [6.07, 6.45) is 5.00. The van der Waals surface area contributed by atoms with Gasteiger partial charge in [-0.1, -0.05) is 24.3 Å². The fourth-order valence-corrected chi connectivity index (χ4v) is 5.27. The van der Waals surface area contributed by atoms with Gasteiger partial charge < -0.3 is 14.2 Å². The summed E-state index contributed by atoms with van der Waals surface area (Å²) in [5.41, 5.74) is 2.99. The highest BCUT2D eigenvalue weighted by Crippen LogP contribution is 2.27. The summed E-state index contributed by atoms with van der Waals surface area (Å²) in [5, 5.41) is 0.0928. The van der Waals surface area contributed by atoms with Gasteiger partial charge in [-0.25, -0.2) is 18.4 Å². The number of nitrogens with zero attached hydrogens (tertiary/aromatic N) is 7. The van der Waals surface area contributed by atoms with Gasteiger partial charge in [0.15, 0.2) is 10.8 Å². The molecule has 3 aromatic rings. The second kappa shape index (κ2) is 12.1. The summed E-state index contributed by atoms with van der Waals surface area (Å²) in [4.78, 5) is 18.0. The second-order valence-electron chi connectivity index (χ2n) is 8.75. The Morgan fingerprint density at radius 2 is 1.72 bits per heavy atom. The van der Waals surface area contributed by atoms with Gasteiger partial charge >= 0.3 is 0 Å². The fourth-order valence-electron chi connectivity index (χ4n) is 4.09. The Balaban J connectivity index is 0.00000361. The van der Waals surface area contributed by atoms with E-state index in [9.17, 15) is 8.42 Å². The Morgan fingerprint density at radius 3 is 2.33 bits per heavy atom. The number of imidazole rings is 1. The summed E-state index contributed by atoms with van der Waals surface area (Å²) in [5.74, 6) is 1.54. The van der Waals surface area contributed by atoms with Gasteiger partial charge in [0, 0.05) is 84.6 Å². The molecule has 1 aliphatic heterocycles. The van der Waals surface area contributed by atoms with Crippen molar-refractivity contribution in [3.63, 3.8) is 0 Å². The number of likely N-dealkylation sites (N-methyl/N-ethyl adjacent to an activating group) is 1. The lowest BCUT2D eigenvalue weighted by molar-refractivity contribution is 0.185. The molecule has 0 atom stereocenters. The van der Waals surface area contributed by atoms with Crippen LogP contribution in [-0.2, 0) is 28.4 Å². The standard InChI is InChI=1S/C24H33N7O3S.ClH/c1-19-27-22(17-28(19)2)35(32,33)29(3)11-12-30-13-15-31(16-14-30)24-23(25-9-10-26-24)21-7-5-20(6-8-21)18-34-4;/h5-10,17H,11-16,18H2,1-4H3;1H. The first-order valence-electron chi connectivity index (χ1n) is 11.6. The molecule has 1 aliphatic rings. The number of methoxy groups -OCH3 is 1. The number of halogens is 1. The maximum absolute atomic E-state index is 12.8. The van der Waals surface area contributed by atoms with E-state index < -0.39 is 10.0 Å². The van der Waals surface area contributed by atoms with Gasteiger partial charge in [-0.2, -0.15) is 4.31 Å². The van der Waals surface area contributed by atoms with E-state index in [2.05, 4.69) is 36.9 Å². The van der Waals surface area contributed by atoms with Gasteiger partial charge in [-0.15, -0.1) is 12.4 Å². The van der Waals surface area contributed by atoms with E-state index in [0.717, 1.165) is 48.8 Å². The van der Waals surface area contributed by atoms with Crippen molar-refractivity contribution in [1.29, 1.82) is 0 Å². The normalized spacial score (nSPS) is 14.8. The molecule has 0 bridgehead atoms. The van der Waals surface area contributed by atoms with Gasteiger partial charge in [0.05, 0.1) is 6.61 Å². The van der Waals surface area contributed by atoms with Crippen LogP contribution in [0.2, 0.25) is 0 Å². The number of rotatable bonds is 9. The topological polar surface area (TPSA) is 96.7 Å². The van der Waals surface area contributed by atoms with Crippen molar-refractivity contribution in [2.75, 3.05) is 58.3 Å². The Morgan fingerprint density at radius 1 is 1.06 bits per heavy atom. The van der Waals surface area contributed by atoms with Crippen LogP contribution in [0.15, 0.2) is 47.9 Å². The van der Waals surface area contributed by atoms with Crippen LogP contribution < -0.4 is 4.90 Å². The van der Waals surface area contributed by atoms with E-state index in [1.54, 1.807) is 51.3 Å². The molecular formula is C24H34ClN7O3S. The highest BCUT2D eigenvalue weighted by molar-refractivity contribution is 7.89. The Kier molecular flexibility index (Phi) is 9.42. The van der Waals surface area contributed by atoms with Gasteiger partial charge in [-0.05, 0) is 12.5 Å². The van der Waals surface area contributed by atoms with Gasteiger partial charge in [0.1, 0.15) is 11.5 Å². The molecule has 0 spiro atoms. The third-order valence-corrected chi connectivity index (χ3v) is 8.11. The molecule has 0 N–H and O–H groups in total. The zero-order valence-electron chi connectivity index (χ0n) is 21.2. The van der Waals surface area contributed by atoms with E-state index in [4.69, 9.17) is 4.74 Å².